The molecule has 31 heavy (non-hydrogen) atoms. The molecular formula is C24H22BrNO4S. The molecule has 0 aliphatic heterocycles. The van der Waals surface area contributed by atoms with Crippen molar-refractivity contribution in [2.45, 2.75) is 13.8 Å². The number of carbonyl (C=O) groups excluding carboxylic acids is 2. The monoisotopic (exact) mass is 499 g/mol. The summed E-state index contributed by atoms with van der Waals surface area (Å²) in [7, 11) is 0. The van der Waals surface area contributed by atoms with E-state index in [-0.39, 0.29) is 12.5 Å². The van der Waals surface area contributed by atoms with E-state index in [1.807, 2.05) is 60.8 Å². The molecule has 3 aromatic rings. The molecule has 1 heterocycles. The number of thiophene rings is 1. The van der Waals surface area contributed by atoms with Crippen LogP contribution in [0.3, 0.4) is 0 Å². The Morgan fingerprint density at radius 1 is 1.10 bits per heavy atom. The Morgan fingerprint density at radius 3 is 2.58 bits per heavy atom. The van der Waals surface area contributed by atoms with E-state index in [0.717, 1.165) is 21.2 Å². The summed E-state index contributed by atoms with van der Waals surface area (Å²) in [6, 6.07) is 15.1. The number of carbonyl (C=O) groups is 2. The van der Waals surface area contributed by atoms with Crippen LogP contribution in [0.5, 0.6) is 5.75 Å². The van der Waals surface area contributed by atoms with Crippen molar-refractivity contribution in [1.29, 1.82) is 0 Å². The number of hydrogen-bond donors (Lipinski definition) is 1. The number of esters is 1. The molecule has 7 heteroatoms. The maximum absolute atomic E-state index is 12.6. The zero-order chi connectivity index (χ0) is 22.2. The highest BCUT2D eigenvalue weighted by molar-refractivity contribution is 9.10. The van der Waals surface area contributed by atoms with Crippen molar-refractivity contribution in [2.75, 3.05) is 18.5 Å². The Kier molecular flexibility index (Phi) is 8.03. The van der Waals surface area contributed by atoms with Crippen LogP contribution >= 0.6 is 27.3 Å². The van der Waals surface area contributed by atoms with Gasteiger partial charge in [-0.2, -0.15) is 0 Å². The van der Waals surface area contributed by atoms with Gasteiger partial charge in [0.05, 0.1) is 13.2 Å². The molecule has 0 spiro atoms. The summed E-state index contributed by atoms with van der Waals surface area (Å²) < 4.78 is 11.7. The Bertz CT molecular complexity index is 1090. The molecule has 0 fully saturated rings. The third-order valence-corrected chi connectivity index (χ3v) is 5.67. The van der Waals surface area contributed by atoms with Gasteiger partial charge in [0.2, 0.25) is 5.91 Å². The number of hydrogen-bond acceptors (Lipinski definition) is 5. The van der Waals surface area contributed by atoms with Crippen molar-refractivity contribution in [1.82, 2.24) is 0 Å². The second-order valence-corrected chi connectivity index (χ2v) is 8.17. The molecule has 1 N–H and O–H groups in total. The van der Waals surface area contributed by atoms with Gasteiger partial charge in [0.1, 0.15) is 16.3 Å². The van der Waals surface area contributed by atoms with Gasteiger partial charge in [-0.15, -0.1) is 11.3 Å². The van der Waals surface area contributed by atoms with Gasteiger partial charge in [-0.1, -0.05) is 46.3 Å². The molecule has 3 rings (SSSR count). The summed E-state index contributed by atoms with van der Waals surface area (Å²) in [5, 5.41) is 5.12. The molecule has 0 aliphatic carbocycles. The Labute approximate surface area is 193 Å². The highest BCUT2D eigenvalue weighted by atomic mass is 79.9. The van der Waals surface area contributed by atoms with Gasteiger partial charge in [-0.25, -0.2) is 4.79 Å². The van der Waals surface area contributed by atoms with Crippen molar-refractivity contribution in [3.8, 4) is 16.9 Å². The second kappa shape index (κ2) is 10.9. The van der Waals surface area contributed by atoms with Crippen molar-refractivity contribution in [3.63, 3.8) is 0 Å². The van der Waals surface area contributed by atoms with Gasteiger partial charge >= 0.3 is 5.97 Å². The SMILES string of the molecule is CCOC(=O)c1c(-c2ccccc2)csc1NC(=O)C=Cc1cc(Br)ccc1OCC. The zero-order valence-electron chi connectivity index (χ0n) is 17.2. The standard InChI is InChI=1S/C24H22BrNO4S/c1-3-29-20-12-11-18(25)14-17(20)10-13-21(27)26-23-22(24(28)30-4-2)19(15-31-23)16-8-6-5-7-9-16/h5-15H,3-4H2,1-2H3,(H,26,27). The topological polar surface area (TPSA) is 64.6 Å². The minimum Gasteiger partial charge on any atom is -0.493 e. The van der Waals surface area contributed by atoms with Gasteiger partial charge in [0.25, 0.3) is 0 Å². The van der Waals surface area contributed by atoms with E-state index in [2.05, 4.69) is 21.2 Å². The average molecular weight is 500 g/mol. The van der Waals surface area contributed by atoms with E-state index >= 15 is 0 Å². The first-order valence-electron chi connectivity index (χ1n) is 9.78. The first kappa shape index (κ1) is 22.8. The van der Waals surface area contributed by atoms with Crippen LogP contribution in [-0.4, -0.2) is 25.1 Å². The summed E-state index contributed by atoms with van der Waals surface area (Å²) in [4.78, 5) is 25.3. The minimum atomic E-state index is -0.465. The van der Waals surface area contributed by atoms with Crippen molar-refractivity contribution in [3.05, 3.63) is 75.6 Å². The lowest BCUT2D eigenvalue weighted by atomic mass is 10.0. The van der Waals surface area contributed by atoms with Crippen LogP contribution in [0.15, 0.2) is 64.5 Å². The highest BCUT2D eigenvalue weighted by Gasteiger charge is 2.22. The first-order valence-corrected chi connectivity index (χ1v) is 11.5. The molecule has 5 nitrogen and oxygen atoms in total. The third-order valence-electron chi connectivity index (χ3n) is 4.28. The van der Waals surface area contributed by atoms with Crippen LogP contribution in [0.1, 0.15) is 29.8 Å². The van der Waals surface area contributed by atoms with Crippen LogP contribution in [0.2, 0.25) is 0 Å². The van der Waals surface area contributed by atoms with Crippen LogP contribution in [-0.2, 0) is 9.53 Å². The number of anilines is 1. The molecule has 2 aromatic carbocycles. The molecule has 1 aromatic heterocycles. The van der Waals surface area contributed by atoms with E-state index in [0.29, 0.717) is 22.9 Å². The molecule has 1 amide bonds. The minimum absolute atomic E-state index is 0.249. The molecule has 0 aliphatic rings. The normalized spacial score (nSPS) is 10.8. The van der Waals surface area contributed by atoms with Crippen molar-refractivity contribution < 1.29 is 19.1 Å². The Balaban J connectivity index is 1.86. The maximum atomic E-state index is 12.6. The summed E-state index contributed by atoms with van der Waals surface area (Å²) in [5.74, 6) is -0.133. The van der Waals surface area contributed by atoms with Gasteiger partial charge in [-0.3, -0.25) is 4.79 Å². The highest BCUT2D eigenvalue weighted by Crippen LogP contribution is 2.36. The fraction of sp³-hybridized carbons (Fsp3) is 0.167. The predicted molar refractivity (Wildman–Crippen MR) is 129 cm³/mol. The summed E-state index contributed by atoms with van der Waals surface area (Å²) in [5.41, 5.74) is 2.74. The van der Waals surface area contributed by atoms with Crippen LogP contribution < -0.4 is 10.1 Å². The molecule has 0 radical (unpaired) electrons. The van der Waals surface area contributed by atoms with Crippen molar-refractivity contribution in [2.24, 2.45) is 0 Å². The zero-order valence-corrected chi connectivity index (χ0v) is 19.6. The van der Waals surface area contributed by atoms with Crippen molar-refractivity contribution >= 4 is 50.2 Å². The summed E-state index contributed by atoms with van der Waals surface area (Å²) >= 11 is 4.72. The fourth-order valence-electron chi connectivity index (χ4n) is 2.94. The number of ether oxygens (including phenoxy) is 2. The number of benzene rings is 2. The molecule has 0 bridgehead atoms. The van der Waals surface area contributed by atoms with E-state index in [1.54, 1.807) is 13.0 Å². The largest absolute Gasteiger partial charge is 0.493 e. The number of nitrogens with one attached hydrogen (secondary N) is 1. The fourth-order valence-corrected chi connectivity index (χ4v) is 4.28. The molecule has 0 unspecified atom stereocenters. The van der Waals surface area contributed by atoms with E-state index in [9.17, 15) is 9.59 Å². The van der Waals surface area contributed by atoms with Gasteiger partial charge in [0.15, 0.2) is 0 Å². The number of amides is 1. The summed E-state index contributed by atoms with van der Waals surface area (Å²) in [6.07, 6.45) is 3.10. The number of halogens is 1. The summed E-state index contributed by atoms with van der Waals surface area (Å²) in [6.45, 7) is 4.43. The lowest BCUT2D eigenvalue weighted by Crippen LogP contribution is -2.12. The average Bonchev–Trinajstić information content (AvgIpc) is 3.18. The maximum Gasteiger partial charge on any atom is 0.341 e. The van der Waals surface area contributed by atoms with Crippen LogP contribution in [0.25, 0.3) is 17.2 Å². The van der Waals surface area contributed by atoms with Crippen LogP contribution in [0.4, 0.5) is 5.00 Å². The Hall–Kier alpha value is -2.90. The lowest BCUT2D eigenvalue weighted by molar-refractivity contribution is -0.111. The molecule has 0 atom stereocenters. The molecule has 160 valence electrons. The first-order chi connectivity index (χ1) is 15.0. The quantitative estimate of drug-likeness (QED) is 0.287. The molecule has 0 saturated carbocycles. The van der Waals surface area contributed by atoms with Crippen LogP contribution in [0, 0.1) is 0 Å². The van der Waals surface area contributed by atoms with Gasteiger partial charge in [0, 0.05) is 27.1 Å². The lowest BCUT2D eigenvalue weighted by Gasteiger charge is -2.08. The van der Waals surface area contributed by atoms with Gasteiger partial charge < -0.3 is 14.8 Å². The van der Waals surface area contributed by atoms with Gasteiger partial charge in [-0.05, 0) is 43.7 Å². The van der Waals surface area contributed by atoms with E-state index in [4.69, 9.17) is 9.47 Å². The number of rotatable bonds is 8. The Morgan fingerprint density at radius 2 is 1.87 bits per heavy atom. The van der Waals surface area contributed by atoms with E-state index in [1.165, 1.54) is 17.4 Å². The molecule has 0 saturated heterocycles. The second-order valence-electron chi connectivity index (χ2n) is 6.38. The predicted octanol–water partition coefficient (Wildman–Crippen LogP) is 6.40. The smallest absolute Gasteiger partial charge is 0.341 e. The van der Waals surface area contributed by atoms with E-state index < -0.39 is 5.97 Å². The third kappa shape index (κ3) is 5.83. The molecular weight excluding hydrogens is 478 g/mol.